The molecule has 3 rings (SSSR count). The second-order valence-electron chi connectivity index (χ2n) is 7.22. The lowest BCUT2D eigenvalue weighted by molar-refractivity contribution is -0.133. The van der Waals surface area contributed by atoms with Crippen LogP contribution < -0.4 is 4.90 Å². The topological polar surface area (TPSA) is 49.3 Å². The monoisotopic (exact) mass is 352 g/mol. The first-order chi connectivity index (χ1) is 12.6. The highest BCUT2D eigenvalue weighted by molar-refractivity contribution is 5.78. The summed E-state index contributed by atoms with van der Waals surface area (Å²) in [7, 11) is 0. The Balaban J connectivity index is 1.85. The first kappa shape index (κ1) is 18.4. The van der Waals surface area contributed by atoms with Crippen LogP contribution in [0.15, 0.2) is 42.9 Å². The maximum atomic E-state index is 12.9. The van der Waals surface area contributed by atoms with E-state index in [4.69, 9.17) is 0 Å². The van der Waals surface area contributed by atoms with Crippen LogP contribution in [0.4, 0.5) is 5.82 Å². The molecule has 1 amide bonds. The zero-order valence-corrected chi connectivity index (χ0v) is 15.9. The minimum Gasteiger partial charge on any atom is -0.354 e. The summed E-state index contributed by atoms with van der Waals surface area (Å²) in [4.78, 5) is 25.9. The van der Waals surface area contributed by atoms with Crippen molar-refractivity contribution in [3.05, 3.63) is 54.0 Å². The van der Waals surface area contributed by atoms with Gasteiger partial charge < -0.3 is 9.80 Å². The lowest BCUT2D eigenvalue weighted by Gasteiger charge is -2.32. The fourth-order valence-electron chi connectivity index (χ4n) is 3.57. The number of benzene rings is 1. The Morgan fingerprint density at radius 2 is 2.00 bits per heavy atom. The van der Waals surface area contributed by atoms with E-state index >= 15 is 0 Å². The molecule has 0 spiro atoms. The normalized spacial score (nSPS) is 18.3. The van der Waals surface area contributed by atoms with Crippen LogP contribution in [0.5, 0.6) is 0 Å². The largest absolute Gasteiger partial charge is 0.354 e. The maximum Gasteiger partial charge on any atom is 0.224 e. The van der Waals surface area contributed by atoms with E-state index in [9.17, 15) is 4.79 Å². The van der Waals surface area contributed by atoms with E-state index in [1.54, 1.807) is 6.33 Å². The summed E-state index contributed by atoms with van der Waals surface area (Å²) in [6.07, 6.45) is 4.96. The van der Waals surface area contributed by atoms with Gasteiger partial charge in [-0.3, -0.25) is 4.79 Å². The Bertz CT molecular complexity index is 732. The number of hydrogen-bond acceptors (Lipinski definition) is 4. The first-order valence-corrected chi connectivity index (χ1v) is 9.48. The molecule has 0 aliphatic carbocycles. The Kier molecular flexibility index (Phi) is 5.86. The minimum absolute atomic E-state index is 0.181. The molecule has 5 nitrogen and oxygen atoms in total. The number of rotatable bonds is 5. The van der Waals surface area contributed by atoms with Gasteiger partial charge in [-0.25, -0.2) is 9.97 Å². The highest BCUT2D eigenvalue weighted by atomic mass is 16.2. The fraction of sp³-hybridized carbons (Fsp3) is 0.476. The third kappa shape index (κ3) is 4.03. The number of nitrogens with zero attached hydrogens (tertiary/aromatic N) is 4. The summed E-state index contributed by atoms with van der Waals surface area (Å²) in [5, 5.41) is 0. The van der Waals surface area contributed by atoms with Crippen molar-refractivity contribution in [2.75, 3.05) is 18.0 Å². The molecule has 0 N–H and O–H groups in total. The summed E-state index contributed by atoms with van der Waals surface area (Å²) in [6.45, 7) is 8.66. The lowest BCUT2D eigenvalue weighted by Crippen LogP contribution is -2.42. The molecule has 1 aliphatic rings. The molecule has 2 aromatic rings. The van der Waals surface area contributed by atoms with E-state index in [1.165, 1.54) is 5.56 Å². The second-order valence-corrected chi connectivity index (χ2v) is 7.22. The molecular formula is C21H28N4O. The number of carbonyl (C=O) groups is 1. The van der Waals surface area contributed by atoms with Gasteiger partial charge in [0.15, 0.2) is 0 Å². The summed E-state index contributed by atoms with van der Waals surface area (Å²) < 4.78 is 0. The van der Waals surface area contributed by atoms with Crippen LogP contribution >= 0.6 is 0 Å². The van der Waals surface area contributed by atoms with Gasteiger partial charge in [-0.05, 0) is 17.9 Å². The zero-order valence-electron chi connectivity index (χ0n) is 15.9. The van der Waals surface area contributed by atoms with Crippen molar-refractivity contribution < 1.29 is 4.79 Å². The number of anilines is 1. The molecule has 1 aromatic carbocycles. The summed E-state index contributed by atoms with van der Waals surface area (Å²) in [5.74, 6) is 1.55. The molecule has 1 fully saturated rings. The van der Waals surface area contributed by atoms with E-state index in [-0.39, 0.29) is 11.9 Å². The highest BCUT2D eigenvalue weighted by Crippen LogP contribution is 2.27. The maximum absolute atomic E-state index is 12.9. The van der Waals surface area contributed by atoms with Crippen molar-refractivity contribution in [3.63, 3.8) is 0 Å². The average Bonchev–Trinajstić information content (AvgIpc) is 2.82. The third-order valence-electron chi connectivity index (χ3n) is 5.09. The zero-order chi connectivity index (χ0) is 18.5. The molecule has 5 heteroatoms. The van der Waals surface area contributed by atoms with E-state index < -0.39 is 0 Å². The summed E-state index contributed by atoms with van der Waals surface area (Å²) >= 11 is 0. The summed E-state index contributed by atoms with van der Waals surface area (Å²) in [5.41, 5.74) is 2.32. The molecule has 1 atom stereocenters. The SMILES string of the molecule is CC[C@@H]1CN(c2ncncc2C(C)C)CCC(=O)N1Cc1ccccc1. The Morgan fingerprint density at radius 3 is 2.69 bits per heavy atom. The molecule has 26 heavy (non-hydrogen) atoms. The Hall–Kier alpha value is -2.43. The van der Waals surface area contributed by atoms with Crippen LogP contribution in [0.25, 0.3) is 0 Å². The quantitative estimate of drug-likeness (QED) is 0.825. The van der Waals surface area contributed by atoms with Gasteiger partial charge in [-0.15, -0.1) is 0 Å². The molecule has 138 valence electrons. The van der Waals surface area contributed by atoms with E-state index in [0.717, 1.165) is 24.3 Å². The Morgan fingerprint density at radius 1 is 1.23 bits per heavy atom. The molecule has 1 aliphatic heterocycles. The van der Waals surface area contributed by atoms with Gasteiger partial charge in [0, 0.05) is 43.9 Å². The predicted octanol–water partition coefficient (Wildman–Crippen LogP) is 3.62. The molecule has 1 aromatic heterocycles. The van der Waals surface area contributed by atoms with Crippen molar-refractivity contribution in [1.29, 1.82) is 0 Å². The van der Waals surface area contributed by atoms with Gasteiger partial charge in [0.2, 0.25) is 5.91 Å². The van der Waals surface area contributed by atoms with Crippen molar-refractivity contribution in [2.24, 2.45) is 0 Å². The van der Waals surface area contributed by atoms with Crippen molar-refractivity contribution in [1.82, 2.24) is 14.9 Å². The van der Waals surface area contributed by atoms with Gasteiger partial charge in [0.05, 0.1) is 0 Å². The molecule has 2 heterocycles. The number of carbonyl (C=O) groups excluding carboxylic acids is 1. The van der Waals surface area contributed by atoms with Crippen LogP contribution in [0, 0.1) is 0 Å². The van der Waals surface area contributed by atoms with E-state index in [0.29, 0.717) is 25.4 Å². The standard InChI is InChI=1S/C21H28N4O/c1-4-18-14-24(21-19(16(2)3)12-22-15-23-21)11-10-20(26)25(18)13-17-8-6-5-7-9-17/h5-9,12,15-16,18H,4,10-11,13-14H2,1-3H3/t18-/m1/s1. The van der Waals surface area contributed by atoms with E-state index in [2.05, 4.69) is 47.8 Å². The third-order valence-corrected chi connectivity index (χ3v) is 5.09. The number of hydrogen-bond donors (Lipinski definition) is 0. The molecule has 1 saturated heterocycles. The van der Waals surface area contributed by atoms with Crippen molar-refractivity contribution >= 4 is 11.7 Å². The van der Waals surface area contributed by atoms with E-state index in [1.807, 2.05) is 29.3 Å². The van der Waals surface area contributed by atoms with Gasteiger partial charge in [0.1, 0.15) is 12.1 Å². The first-order valence-electron chi connectivity index (χ1n) is 9.48. The minimum atomic E-state index is 0.181. The lowest BCUT2D eigenvalue weighted by atomic mass is 10.1. The Labute approximate surface area is 156 Å². The van der Waals surface area contributed by atoms with Gasteiger partial charge in [0.25, 0.3) is 0 Å². The second kappa shape index (κ2) is 8.30. The fourth-order valence-corrected chi connectivity index (χ4v) is 3.57. The van der Waals surface area contributed by atoms with Crippen LogP contribution in [0.1, 0.15) is 50.7 Å². The van der Waals surface area contributed by atoms with Gasteiger partial charge >= 0.3 is 0 Å². The number of amides is 1. The molecular weight excluding hydrogens is 324 g/mol. The number of aromatic nitrogens is 2. The van der Waals surface area contributed by atoms with Crippen LogP contribution in [0.3, 0.4) is 0 Å². The van der Waals surface area contributed by atoms with Crippen LogP contribution in [0.2, 0.25) is 0 Å². The predicted molar refractivity (Wildman–Crippen MR) is 104 cm³/mol. The molecule has 0 unspecified atom stereocenters. The molecule has 0 saturated carbocycles. The van der Waals surface area contributed by atoms with Crippen molar-refractivity contribution in [2.45, 2.75) is 52.1 Å². The summed E-state index contributed by atoms with van der Waals surface area (Å²) in [6, 6.07) is 10.4. The molecule has 0 bridgehead atoms. The van der Waals surface area contributed by atoms with Crippen LogP contribution in [-0.4, -0.2) is 39.9 Å². The average molecular weight is 352 g/mol. The van der Waals surface area contributed by atoms with Crippen LogP contribution in [-0.2, 0) is 11.3 Å². The smallest absolute Gasteiger partial charge is 0.224 e. The van der Waals surface area contributed by atoms with Crippen molar-refractivity contribution in [3.8, 4) is 0 Å². The highest BCUT2D eigenvalue weighted by Gasteiger charge is 2.30. The van der Waals surface area contributed by atoms with Gasteiger partial charge in [-0.2, -0.15) is 0 Å². The van der Waals surface area contributed by atoms with Gasteiger partial charge in [-0.1, -0.05) is 51.1 Å². The molecule has 0 radical (unpaired) electrons.